The van der Waals surface area contributed by atoms with Crippen molar-refractivity contribution in [2.45, 2.75) is 6.42 Å². The fourth-order valence-corrected chi connectivity index (χ4v) is 1.22. The van der Waals surface area contributed by atoms with Crippen molar-refractivity contribution >= 4 is 5.97 Å². The lowest BCUT2D eigenvalue weighted by Gasteiger charge is -2.22. The Kier molecular flexibility index (Phi) is 2.85. The summed E-state index contributed by atoms with van der Waals surface area (Å²) in [6.45, 7) is 3.71. The molecular weight excluding hydrogens is 164 g/mol. The van der Waals surface area contributed by atoms with Crippen molar-refractivity contribution in [1.29, 1.82) is 0 Å². The molecule has 0 saturated carbocycles. The highest BCUT2D eigenvalue weighted by molar-refractivity contribution is 5.80. The van der Waals surface area contributed by atoms with E-state index in [-0.39, 0.29) is 5.41 Å². The van der Waals surface area contributed by atoms with Crippen molar-refractivity contribution in [1.82, 2.24) is 0 Å². The smallest absolute Gasteiger partial charge is 0.328 e. The molecule has 1 rings (SSSR count). The summed E-state index contributed by atoms with van der Waals surface area (Å²) in [4.78, 5) is 10.3. The van der Waals surface area contributed by atoms with Gasteiger partial charge in [0.05, 0.1) is 0 Å². The van der Waals surface area contributed by atoms with Crippen LogP contribution in [0.15, 0.2) is 49.1 Å². The van der Waals surface area contributed by atoms with Crippen molar-refractivity contribution in [3.8, 4) is 0 Å². The molecule has 2 nitrogen and oxygen atoms in total. The van der Waals surface area contributed by atoms with E-state index in [2.05, 4.69) is 6.58 Å². The molecule has 0 saturated heterocycles. The number of carboxylic acids is 1. The van der Waals surface area contributed by atoms with Crippen LogP contribution < -0.4 is 0 Å². The van der Waals surface area contributed by atoms with Gasteiger partial charge in [-0.2, -0.15) is 0 Å². The number of allylic oxidation sites excluding steroid dienone is 6. The lowest BCUT2D eigenvalue weighted by molar-refractivity contribution is -0.131. The van der Waals surface area contributed by atoms with Gasteiger partial charge in [0.15, 0.2) is 0 Å². The summed E-state index contributed by atoms with van der Waals surface area (Å²) in [7, 11) is 0. The van der Waals surface area contributed by atoms with Crippen LogP contribution in [0.1, 0.15) is 6.42 Å². The molecule has 1 unspecified atom stereocenters. The molecule has 0 aromatic rings. The van der Waals surface area contributed by atoms with E-state index in [1.165, 1.54) is 0 Å². The second-order valence-corrected chi connectivity index (χ2v) is 2.98. The second-order valence-electron chi connectivity index (χ2n) is 2.98. The lowest BCUT2D eigenvalue weighted by atomic mass is 9.81. The van der Waals surface area contributed by atoms with Gasteiger partial charge in [-0.05, 0) is 6.42 Å². The van der Waals surface area contributed by atoms with Gasteiger partial charge in [-0.25, -0.2) is 4.79 Å². The summed E-state index contributed by atoms with van der Waals surface area (Å²) in [5.41, 5.74) is -0.312. The van der Waals surface area contributed by atoms with Crippen LogP contribution in [0.2, 0.25) is 0 Å². The minimum atomic E-state index is -0.927. The number of carboxylic acid groups (broad SMARTS) is 1. The maximum Gasteiger partial charge on any atom is 0.328 e. The third-order valence-electron chi connectivity index (χ3n) is 2.04. The third kappa shape index (κ3) is 2.44. The van der Waals surface area contributed by atoms with Crippen LogP contribution in [-0.2, 0) is 4.79 Å². The van der Waals surface area contributed by atoms with Crippen LogP contribution in [0.4, 0.5) is 0 Å². The van der Waals surface area contributed by atoms with Crippen molar-refractivity contribution in [3.05, 3.63) is 49.1 Å². The van der Waals surface area contributed by atoms with Crippen LogP contribution in [-0.4, -0.2) is 11.1 Å². The summed E-state index contributed by atoms with van der Waals surface area (Å²) < 4.78 is 0. The first-order chi connectivity index (χ1) is 6.18. The summed E-state index contributed by atoms with van der Waals surface area (Å²) in [6.07, 6.45) is 13.1. The first kappa shape index (κ1) is 9.52. The van der Waals surface area contributed by atoms with Crippen molar-refractivity contribution in [2.75, 3.05) is 0 Å². The molecule has 0 aromatic heterocycles. The van der Waals surface area contributed by atoms with Gasteiger partial charge < -0.3 is 5.11 Å². The molecule has 0 bridgehead atoms. The predicted molar refractivity (Wildman–Crippen MR) is 52.3 cm³/mol. The summed E-state index contributed by atoms with van der Waals surface area (Å²) >= 11 is 0. The Hall–Kier alpha value is -1.57. The van der Waals surface area contributed by atoms with Crippen molar-refractivity contribution in [2.24, 2.45) is 5.41 Å². The number of hydrogen-bond acceptors (Lipinski definition) is 1. The topological polar surface area (TPSA) is 37.3 Å². The van der Waals surface area contributed by atoms with E-state index in [1.807, 2.05) is 24.3 Å². The SMILES string of the molecule is C=CC1(C=CC(=O)O)C=CC=CC1. The van der Waals surface area contributed by atoms with Crippen LogP contribution in [0, 0.1) is 5.41 Å². The van der Waals surface area contributed by atoms with Crippen LogP contribution in [0.3, 0.4) is 0 Å². The minimum absolute atomic E-state index is 0.312. The zero-order valence-corrected chi connectivity index (χ0v) is 7.31. The third-order valence-corrected chi connectivity index (χ3v) is 2.04. The van der Waals surface area contributed by atoms with E-state index in [0.29, 0.717) is 0 Å². The number of aliphatic carboxylic acids is 1. The van der Waals surface area contributed by atoms with Gasteiger partial charge in [0.25, 0.3) is 0 Å². The molecule has 0 fully saturated rings. The van der Waals surface area contributed by atoms with Crippen LogP contribution >= 0.6 is 0 Å². The first-order valence-electron chi connectivity index (χ1n) is 4.09. The quantitative estimate of drug-likeness (QED) is 0.529. The average molecular weight is 176 g/mol. The van der Waals surface area contributed by atoms with E-state index < -0.39 is 5.97 Å². The molecule has 0 aromatic carbocycles. The molecule has 1 N–H and O–H groups in total. The normalized spacial score (nSPS) is 26.5. The van der Waals surface area contributed by atoms with Gasteiger partial charge in [0.1, 0.15) is 0 Å². The molecule has 13 heavy (non-hydrogen) atoms. The summed E-state index contributed by atoms with van der Waals surface area (Å²) in [5.74, 6) is -0.927. The second kappa shape index (κ2) is 3.90. The largest absolute Gasteiger partial charge is 0.478 e. The molecular formula is C11H12O2. The zero-order chi connectivity index (χ0) is 9.73. The van der Waals surface area contributed by atoms with Gasteiger partial charge in [-0.15, -0.1) is 6.58 Å². The highest BCUT2D eigenvalue weighted by atomic mass is 16.4. The number of rotatable bonds is 3. The Labute approximate surface area is 77.6 Å². The maximum atomic E-state index is 10.3. The van der Waals surface area contributed by atoms with Gasteiger partial charge in [-0.3, -0.25) is 0 Å². The van der Waals surface area contributed by atoms with Crippen molar-refractivity contribution in [3.63, 3.8) is 0 Å². The van der Waals surface area contributed by atoms with E-state index >= 15 is 0 Å². The van der Waals surface area contributed by atoms with E-state index in [9.17, 15) is 4.79 Å². The van der Waals surface area contributed by atoms with Gasteiger partial charge in [0.2, 0.25) is 0 Å². The first-order valence-corrected chi connectivity index (χ1v) is 4.09. The summed E-state index contributed by atoms with van der Waals surface area (Å²) in [5, 5.41) is 8.49. The van der Waals surface area contributed by atoms with Gasteiger partial charge >= 0.3 is 5.97 Å². The minimum Gasteiger partial charge on any atom is -0.478 e. The molecule has 68 valence electrons. The van der Waals surface area contributed by atoms with Crippen LogP contribution in [0.25, 0.3) is 0 Å². The Morgan fingerprint density at radius 2 is 2.31 bits per heavy atom. The van der Waals surface area contributed by atoms with Gasteiger partial charge in [0, 0.05) is 11.5 Å². The van der Waals surface area contributed by atoms with Gasteiger partial charge in [-0.1, -0.05) is 36.5 Å². The molecule has 0 heterocycles. The number of hydrogen-bond donors (Lipinski definition) is 1. The standard InChI is InChI=1S/C11H12O2/c1-2-11(9-6-10(12)13)7-4-3-5-8-11/h2-7,9H,1,8H2,(H,12,13). The fraction of sp³-hybridized carbons (Fsp3) is 0.182. The summed E-state index contributed by atoms with van der Waals surface area (Å²) in [6, 6.07) is 0. The zero-order valence-electron chi connectivity index (χ0n) is 7.31. The molecule has 2 heteroatoms. The molecule has 1 aliphatic rings. The Morgan fingerprint density at radius 3 is 2.77 bits per heavy atom. The fourth-order valence-electron chi connectivity index (χ4n) is 1.22. The molecule has 0 amide bonds. The van der Waals surface area contributed by atoms with E-state index in [0.717, 1.165) is 12.5 Å². The molecule has 0 spiro atoms. The Balaban J connectivity index is 2.82. The molecule has 0 radical (unpaired) electrons. The number of carbonyl (C=O) groups is 1. The van der Waals surface area contributed by atoms with Crippen molar-refractivity contribution < 1.29 is 9.90 Å². The molecule has 0 aliphatic heterocycles. The maximum absolute atomic E-state index is 10.3. The van der Waals surface area contributed by atoms with Crippen LogP contribution in [0.5, 0.6) is 0 Å². The van der Waals surface area contributed by atoms with E-state index in [4.69, 9.17) is 5.11 Å². The molecule has 1 atom stereocenters. The average Bonchev–Trinajstić information content (AvgIpc) is 2.16. The Morgan fingerprint density at radius 1 is 1.54 bits per heavy atom. The monoisotopic (exact) mass is 176 g/mol. The van der Waals surface area contributed by atoms with E-state index in [1.54, 1.807) is 12.2 Å². The molecule has 1 aliphatic carbocycles. The highest BCUT2D eigenvalue weighted by Crippen LogP contribution is 2.30. The lowest BCUT2D eigenvalue weighted by Crippen LogP contribution is -2.12. The predicted octanol–water partition coefficient (Wildman–Crippen LogP) is 2.32. The highest BCUT2D eigenvalue weighted by Gasteiger charge is 2.19. The Bertz CT molecular complexity index is 297.